The van der Waals surface area contributed by atoms with Gasteiger partial charge >= 0.3 is 0 Å². The van der Waals surface area contributed by atoms with Crippen LogP contribution in [0.1, 0.15) is 25.7 Å². The number of nitrogens with zero attached hydrogens (tertiary/aromatic N) is 1. The quantitative estimate of drug-likeness (QED) is 0.435. The summed E-state index contributed by atoms with van der Waals surface area (Å²) in [7, 11) is 1.65. The van der Waals surface area contributed by atoms with Crippen molar-refractivity contribution in [1.82, 2.24) is 10.2 Å². The van der Waals surface area contributed by atoms with Crippen LogP contribution in [0.15, 0.2) is 30.3 Å². The molecular weight excluding hydrogens is 386 g/mol. The largest absolute Gasteiger partial charge is 0.483 e. The molecular formula is C22H35N3O5. The Labute approximate surface area is 178 Å². The normalized spacial score (nSPS) is 19.2. The van der Waals surface area contributed by atoms with Crippen molar-refractivity contribution in [3.8, 4) is 0 Å². The smallest absolute Gasteiger partial charge is 0.290 e. The Morgan fingerprint density at radius 2 is 1.90 bits per heavy atom. The molecule has 8 heteroatoms. The number of benzene rings is 1. The molecule has 2 aliphatic heterocycles. The summed E-state index contributed by atoms with van der Waals surface area (Å²) >= 11 is 0. The average molecular weight is 422 g/mol. The predicted octanol–water partition coefficient (Wildman–Crippen LogP) is 1.82. The molecule has 3 N–H and O–H groups in total. The molecule has 3 rings (SSSR count). The van der Waals surface area contributed by atoms with Gasteiger partial charge in [0.25, 0.3) is 6.47 Å². The third kappa shape index (κ3) is 7.59. The molecule has 0 bridgehead atoms. The number of carbonyl (C=O) groups is 2. The van der Waals surface area contributed by atoms with Gasteiger partial charge < -0.3 is 30.1 Å². The lowest BCUT2D eigenvalue weighted by molar-refractivity contribution is -0.127. The van der Waals surface area contributed by atoms with Crippen molar-refractivity contribution < 1.29 is 24.2 Å². The number of ether oxygens (including phenoxy) is 2. The van der Waals surface area contributed by atoms with E-state index in [-0.39, 0.29) is 12.4 Å². The molecule has 2 aliphatic rings. The number of anilines is 1. The van der Waals surface area contributed by atoms with Gasteiger partial charge in [-0.05, 0) is 43.7 Å². The Morgan fingerprint density at radius 3 is 2.50 bits per heavy atom. The summed E-state index contributed by atoms with van der Waals surface area (Å²) in [5.74, 6) is 0.804. The highest BCUT2D eigenvalue weighted by atomic mass is 16.5. The van der Waals surface area contributed by atoms with Crippen molar-refractivity contribution in [3.05, 3.63) is 30.3 Å². The number of hydrogen-bond donors (Lipinski definition) is 3. The van der Waals surface area contributed by atoms with Crippen molar-refractivity contribution >= 4 is 18.1 Å². The first-order valence-electron chi connectivity index (χ1n) is 10.6. The van der Waals surface area contributed by atoms with Crippen LogP contribution in [0.5, 0.6) is 0 Å². The van der Waals surface area contributed by atoms with E-state index in [1.807, 2.05) is 30.3 Å². The van der Waals surface area contributed by atoms with E-state index in [0.717, 1.165) is 70.1 Å². The standard InChI is InChI=1S/C21H33N3O3.CH2O2/c1-26-16-11-22-20(25)21(23-19-5-3-2-4-6-19)9-12-24(13-10-21)17-18-7-14-27-15-8-18;2-1-3/h2-6,18,23H,7-17H2,1H3,(H,22,25);1H,(H,2,3). The topological polar surface area (TPSA) is 100 Å². The Kier molecular flexibility index (Phi) is 10.6. The van der Waals surface area contributed by atoms with Crippen LogP contribution in [-0.2, 0) is 19.1 Å². The van der Waals surface area contributed by atoms with E-state index >= 15 is 0 Å². The molecule has 1 aromatic rings. The van der Waals surface area contributed by atoms with Crippen molar-refractivity contribution in [2.24, 2.45) is 5.92 Å². The molecule has 1 amide bonds. The van der Waals surface area contributed by atoms with E-state index < -0.39 is 5.54 Å². The van der Waals surface area contributed by atoms with Gasteiger partial charge in [-0.1, -0.05) is 18.2 Å². The predicted molar refractivity (Wildman–Crippen MR) is 116 cm³/mol. The minimum atomic E-state index is -0.554. The fraction of sp³-hybridized carbons (Fsp3) is 0.636. The van der Waals surface area contributed by atoms with Gasteiger partial charge in [0.15, 0.2) is 0 Å². The van der Waals surface area contributed by atoms with Gasteiger partial charge in [0, 0.05) is 52.2 Å². The number of para-hydroxylation sites is 1. The van der Waals surface area contributed by atoms with Gasteiger partial charge in [0.05, 0.1) is 6.61 Å². The van der Waals surface area contributed by atoms with Crippen LogP contribution in [0.2, 0.25) is 0 Å². The highest BCUT2D eigenvalue weighted by Gasteiger charge is 2.41. The van der Waals surface area contributed by atoms with Gasteiger partial charge in [-0.15, -0.1) is 0 Å². The molecule has 0 spiro atoms. The Morgan fingerprint density at radius 1 is 1.27 bits per heavy atom. The summed E-state index contributed by atoms with van der Waals surface area (Å²) in [6.45, 7) is 5.60. The minimum absolute atomic E-state index is 0.0779. The molecule has 0 radical (unpaired) electrons. The van der Waals surface area contributed by atoms with Gasteiger partial charge in [0.2, 0.25) is 5.91 Å². The van der Waals surface area contributed by atoms with Crippen molar-refractivity contribution in [3.63, 3.8) is 0 Å². The average Bonchev–Trinajstić information content (AvgIpc) is 2.77. The molecule has 2 heterocycles. The Bertz CT molecular complexity index is 614. The number of hydrogen-bond acceptors (Lipinski definition) is 6. The number of methoxy groups -OCH3 is 1. The Hall–Kier alpha value is -2.16. The molecule has 30 heavy (non-hydrogen) atoms. The molecule has 0 atom stereocenters. The molecule has 168 valence electrons. The first kappa shape index (κ1) is 24.1. The number of carboxylic acid groups (broad SMARTS) is 1. The number of rotatable bonds is 8. The zero-order valence-corrected chi connectivity index (χ0v) is 17.8. The maximum atomic E-state index is 13.0. The highest BCUT2D eigenvalue weighted by molar-refractivity contribution is 5.89. The van der Waals surface area contributed by atoms with Crippen LogP contribution >= 0.6 is 0 Å². The first-order chi connectivity index (χ1) is 14.6. The molecule has 0 aliphatic carbocycles. The summed E-state index contributed by atoms with van der Waals surface area (Å²) in [5, 5.41) is 13.5. The summed E-state index contributed by atoms with van der Waals surface area (Å²) < 4.78 is 10.6. The zero-order chi connectivity index (χ0) is 21.7. The fourth-order valence-electron chi connectivity index (χ4n) is 4.05. The number of amides is 1. The molecule has 0 unspecified atom stereocenters. The van der Waals surface area contributed by atoms with Crippen LogP contribution in [-0.4, -0.2) is 81.0 Å². The number of nitrogens with one attached hydrogen (secondary N) is 2. The van der Waals surface area contributed by atoms with Crippen LogP contribution < -0.4 is 10.6 Å². The van der Waals surface area contributed by atoms with E-state index in [9.17, 15) is 4.79 Å². The molecule has 0 saturated carbocycles. The van der Waals surface area contributed by atoms with Crippen molar-refractivity contribution in [2.45, 2.75) is 31.2 Å². The molecule has 2 saturated heterocycles. The van der Waals surface area contributed by atoms with Crippen LogP contribution in [0, 0.1) is 5.92 Å². The van der Waals surface area contributed by atoms with E-state index in [1.165, 1.54) is 0 Å². The third-order valence-electron chi connectivity index (χ3n) is 5.75. The van der Waals surface area contributed by atoms with Crippen molar-refractivity contribution in [1.29, 1.82) is 0 Å². The molecule has 8 nitrogen and oxygen atoms in total. The van der Waals surface area contributed by atoms with E-state index in [0.29, 0.717) is 13.2 Å². The van der Waals surface area contributed by atoms with Gasteiger partial charge in [0.1, 0.15) is 5.54 Å². The SMILES string of the molecule is COCCNC(=O)C1(Nc2ccccc2)CCN(CC2CCOCC2)CC1.O=CO. The summed E-state index contributed by atoms with van der Waals surface area (Å²) in [6, 6.07) is 10.0. The lowest BCUT2D eigenvalue weighted by Crippen LogP contribution is -2.59. The second kappa shape index (κ2) is 13.2. The first-order valence-corrected chi connectivity index (χ1v) is 10.6. The van der Waals surface area contributed by atoms with E-state index in [1.54, 1.807) is 7.11 Å². The van der Waals surface area contributed by atoms with Gasteiger partial charge in [-0.25, -0.2) is 0 Å². The lowest BCUT2D eigenvalue weighted by atomic mass is 9.85. The molecule has 0 aromatic heterocycles. The minimum Gasteiger partial charge on any atom is -0.483 e. The van der Waals surface area contributed by atoms with Gasteiger partial charge in [-0.2, -0.15) is 0 Å². The second-order valence-electron chi connectivity index (χ2n) is 7.78. The van der Waals surface area contributed by atoms with Crippen molar-refractivity contribution in [2.75, 3.05) is 58.4 Å². The summed E-state index contributed by atoms with van der Waals surface area (Å²) in [6.07, 6.45) is 3.93. The fourth-order valence-corrected chi connectivity index (χ4v) is 4.05. The van der Waals surface area contributed by atoms with Crippen LogP contribution in [0.3, 0.4) is 0 Å². The lowest BCUT2D eigenvalue weighted by Gasteiger charge is -2.43. The molecule has 1 aromatic carbocycles. The second-order valence-corrected chi connectivity index (χ2v) is 7.78. The molecule has 2 fully saturated rings. The number of carbonyl (C=O) groups excluding carboxylic acids is 1. The van der Waals surface area contributed by atoms with Crippen LogP contribution in [0.25, 0.3) is 0 Å². The summed E-state index contributed by atoms with van der Waals surface area (Å²) in [5.41, 5.74) is 0.443. The number of piperidine rings is 1. The monoisotopic (exact) mass is 421 g/mol. The Balaban J connectivity index is 0.00000101. The summed E-state index contributed by atoms with van der Waals surface area (Å²) in [4.78, 5) is 23.9. The maximum absolute atomic E-state index is 13.0. The van der Waals surface area contributed by atoms with Gasteiger partial charge in [-0.3, -0.25) is 9.59 Å². The number of likely N-dealkylation sites (tertiary alicyclic amines) is 1. The van der Waals surface area contributed by atoms with E-state index in [4.69, 9.17) is 19.4 Å². The maximum Gasteiger partial charge on any atom is 0.290 e. The van der Waals surface area contributed by atoms with E-state index in [2.05, 4.69) is 15.5 Å². The third-order valence-corrected chi connectivity index (χ3v) is 5.75. The highest BCUT2D eigenvalue weighted by Crippen LogP contribution is 2.29. The zero-order valence-electron chi connectivity index (χ0n) is 17.8. The van der Waals surface area contributed by atoms with Crippen LogP contribution in [0.4, 0.5) is 5.69 Å².